The Kier molecular flexibility index (Phi) is 4.47. The zero-order valence-electron chi connectivity index (χ0n) is 13.1. The van der Waals surface area contributed by atoms with Crippen molar-refractivity contribution in [3.8, 4) is 11.5 Å². The van der Waals surface area contributed by atoms with Crippen LogP contribution >= 0.6 is 0 Å². The van der Waals surface area contributed by atoms with E-state index in [1.807, 2.05) is 37.3 Å². The Bertz CT molecular complexity index is 892. The van der Waals surface area contributed by atoms with Crippen LogP contribution in [0.25, 0.3) is 11.5 Å². The molecule has 6 heteroatoms. The molecule has 0 aliphatic rings. The molecule has 0 spiro atoms. The van der Waals surface area contributed by atoms with Gasteiger partial charge in [0.2, 0.25) is 0 Å². The quantitative estimate of drug-likeness (QED) is 0.772. The summed E-state index contributed by atoms with van der Waals surface area (Å²) in [6.07, 6.45) is 2.88. The van der Waals surface area contributed by atoms with Crippen LogP contribution in [-0.2, 0) is 0 Å². The fourth-order valence-electron chi connectivity index (χ4n) is 2.29. The van der Waals surface area contributed by atoms with Crippen molar-refractivity contribution in [2.75, 3.05) is 0 Å². The number of nitrogens with zero attached hydrogens (tertiary/aromatic N) is 2. The molecule has 1 unspecified atom stereocenters. The van der Waals surface area contributed by atoms with Gasteiger partial charge < -0.3 is 10.3 Å². The maximum absolute atomic E-state index is 12.3. The van der Waals surface area contributed by atoms with Crippen molar-refractivity contribution in [3.63, 3.8) is 0 Å². The third-order valence-corrected chi connectivity index (χ3v) is 3.60. The van der Waals surface area contributed by atoms with Crippen LogP contribution in [0.5, 0.6) is 0 Å². The zero-order chi connectivity index (χ0) is 16.9. The monoisotopic (exact) mass is 320 g/mol. The smallest absolute Gasteiger partial charge is 0.264 e. The van der Waals surface area contributed by atoms with E-state index in [4.69, 9.17) is 0 Å². The maximum Gasteiger partial charge on any atom is 0.264 e. The number of pyridine rings is 1. The number of hydrogen-bond acceptors (Lipinski definition) is 4. The third kappa shape index (κ3) is 3.38. The number of rotatable bonds is 4. The van der Waals surface area contributed by atoms with Crippen LogP contribution in [0.4, 0.5) is 0 Å². The fraction of sp³-hybridized carbons (Fsp3) is 0.111. The molecule has 0 bridgehead atoms. The first kappa shape index (κ1) is 15.6. The molecule has 3 rings (SSSR count). The number of H-pyrrole nitrogens is 1. The van der Waals surface area contributed by atoms with Gasteiger partial charge in [0.15, 0.2) is 5.82 Å². The number of aromatic amines is 1. The van der Waals surface area contributed by atoms with Gasteiger partial charge in [-0.3, -0.25) is 14.6 Å². The van der Waals surface area contributed by atoms with Gasteiger partial charge in [0.1, 0.15) is 11.3 Å². The predicted molar refractivity (Wildman–Crippen MR) is 90.4 cm³/mol. The fourth-order valence-corrected chi connectivity index (χ4v) is 2.29. The van der Waals surface area contributed by atoms with Crippen molar-refractivity contribution in [1.29, 1.82) is 0 Å². The van der Waals surface area contributed by atoms with Crippen molar-refractivity contribution >= 4 is 5.91 Å². The number of carbonyl (C=O) groups excluding carboxylic acids is 1. The number of amides is 1. The molecule has 120 valence electrons. The molecule has 6 nitrogen and oxygen atoms in total. The van der Waals surface area contributed by atoms with Gasteiger partial charge in [0.05, 0.1) is 6.04 Å². The van der Waals surface area contributed by atoms with Crippen molar-refractivity contribution in [2.45, 2.75) is 13.0 Å². The second-order valence-corrected chi connectivity index (χ2v) is 5.30. The minimum absolute atomic E-state index is 0.0301. The van der Waals surface area contributed by atoms with Crippen LogP contribution in [0.1, 0.15) is 28.9 Å². The lowest BCUT2D eigenvalue weighted by atomic mass is 10.1. The number of hydrogen-bond donors (Lipinski definition) is 2. The molecule has 2 N–H and O–H groups in total. The van der Waals surface area contributed by atoms with Crippen molar-refractivity contribution in [3.05, 3.63) is 82.4 Å². The highest BCUT2D eigenvalue weighted by Crippen LogP contribution is 2.12. The number of benzene rings is 1. The van der Waals surface area contributed by atoms with Crippen LogP contribution in [0.3, 0.4) is 0 Å². The van der Waals surface area contributed by atoms with Crippen LogP contribution in [0.15, 0.2) is 65.7 Å². The Labute approximate surface area is 138 Å². The standard InChI is InChI=1S/C18H16N4O2/c1-12(13-7-3-2-4-8-13)21-17(23)14-11-20-16(22-18(14)24)15-9-5-6-10-19-15/h2-12H,1H3,(H,21,23)(H,20,22,24). The molecular formula is C18H16N4O2. The van der Waals surface area contributed by atoms with Gasteiger partial charge in [-0.1, -0.05) is 36.4 Å². The minimum atomic E-state index is -0.497. The first-order chi connectivity index (χ1) is 11.6. The summed E-state index contributed by atoms with van der Waals surface area (Å²) in [5, 5.41) is 2.80. The van der Waals surface area contributed by atoms with E-state index < -0.39 is 11.5 Å². The van der Waals surface area contributed by atoms with Gasteiger partial charge in [0.25, 0.3) is 11.5 Å². The van der Waals surface area contributed by atoms with Gasteiger partial charge in [-0.2, -0.15) is 0 Å². The second-order valence-electron chi connectivity index (χ2n) is 5.30. The van der Waals surface area contributed by atoms with E-state index in [0.717, 1.165) is 5.56 Å². The lowest BCUT2D eigenvalue weighted by molar-refractivity contribution is 0.0938. The highest BCUT2D eigenvalue weighted by atomic mass is 16.2. The Morgan fingerprint density at radius 2 is 1.83 bits per heavy atom. The summed E-state index contributed by atoms with van der Waals surface area (Å²) in [7, 11) is 0. The predicted octanol–water partition coefficient (Wildman–Crippen LogP) is 2.32. The number of nitrogens with one attached hydrogen (secondary N) is 2. The molecule has 0 saturated carbocycles. The van der Waals surface area contributed by atoms with E-state index in [0.29, 0.717) is 11.5 Å². The van der Waals surface area contributed by atoms with Gasteiger partial charge in [-0.05, 0) is 24.6 Å². The van der Waals surface area contributed by atoms with E-state index in [1.165, 1.54) is 6.20 Å². The third-order valence-electron chi connectivity index (χ3n) is 3.60. The molecule has 0 fully saturated rings. The molecular weight excluding hydrogens is 304 g/mol. The molecule has 1 aromatic carbocycles. The van der Waals surface area contributed by atoms with E-state index in [2.05, 4.69) is 20.3 Å². The molecule has 0 radical (unpaired) electrons. The lowest BCUT2D eigenvalue weighted by Crippen LogP contribution is -2.32. The molecule has 3 aromatic rings. The Morgan fingerprint density at radius 1 is 1.08 bits per heavy atom. The number of carbonyl (C=O) groups is 1. The molecule has 1 amide bonds. The summed E-state index contributed by atoms with van der Waals surface area (Å²) in [6, 6.07) is 14.6. The van der Waals surface area contributed by atoms with Crippen LogP contribution in [-0.4, -0.2) is 20.9 Å². The SMILES string of the molecule is CC(NC(=O)c1cnc(-c2ccccn2)[nH]c1=O)c1ccccc1. The zero-order valence-corrected chi connectivity index (χ0v) is 13.1. The molecule has 24 heavy (non-hydrogen) atoms. The highest BCUT2D eigenvalue weighted by Gasteiger charge is 2.15. The topological polar surface area (TPSA) is 87.7 Å². The summed E-state index contributed by atoms with van der Waals surface area (Å²) >= 11 is 0. The molecule has 1 atom stereocenters. The van der Waals surface area contributed by atoms with Crippen LogP contribution < -0.4 is 10.9 Å². The normalized spacial score (nSPS) is 11.7. The van der Waals surface area contributed by atoms with Gasteiger partial charge in [0, 0.05) is 12.4 Å². The lowest BCUT2D eigenvalue weighted by Gasteiger charge is -2.13. The first-order valence-corrected chi connectivity index (χ1v) is 7.51. The maximum atomic E-state index is 12.3. The largest absolute Gasteiger partial charge is 0.345 e. The van der Waals surface area contributed by atoms with Gasteiger partial charge in [-0.25, -0.2) is 4.98 Å². The molecule has 2 heterocycles. The van der Waals surface area contributed by atoms with Crippen molar-refractivity contribution in [2.24, 2.45) is 0 Å². The highest BCUT2D eigenvalue weighted by molar-refractivity contribution is 5.93. The van der Waals surface area contributed by atoms with E-state index >= 15 is 0 Å². The van der Waals surface area contributed by atoms with Gasteiger partial charge in [-0.15, -0.1) is 0 Å². The minimum Gasteiger partial charge on any atom is -0.345 e. The van der Waals surface area contributed by atoms with E-state index in [1.54, 1.807) is 24.4 Å². The summed E-state index contributed by atoms with van der Waals surface area (Å²) in [5.41, 5.74) is 0.973. The summed E-state index contributed by atoms with van der Waals surface area (Å²) < 4.78 is 0. The second kappa shape index (κ2) is 6.87. The Morgan fingerprint density at radius 3 is 2.50 bits per heavy atom. The molecule has 2 aromatic heterocycles. The molecule has 0 aliphatic carbocycles. The van der Waals surface area contributed by atoms with Crippen LogP contribution in [0.2, 0.25) is 0 Å². The number of aromatic nitrogens is 3. The van der Waals surface area contributed by atoms with Crippen molar-refractivity contribution in [1.82, 2.24) is 20.3 Å². The van der Waals surface area contributed by atoms with E-state index in [9.17, 15) is 9.59 Å². The van der Waals surface area contributed by atoms with E-state index in [-0.39, 0.29) is 11.6 Å². The average molecular weight is 320 g/mol. The summed E-state index contributed by atoms with van der Waals surface area (Å²) in [6.45, 7) is 1.86. The Hall–Kier alpha value is -3.28. The first-order valence-electron chi connectivity index (χ1n) is 7.51. The summed E-state index contributed by atoms with van der Waals surface area (Å²) in [5.74, 6) is -0.138. The average Bonchev–Trinajstić information content (AvgIpc) is 2.63. The van der Waals surface area contributed by atoms with Gasteiger partial charge >= 0.3 is 0 Å². The summed E-state index contributed by atoms with van der Waals surface area (Å²) in [4.78, 5) is 35.3. The van der Waals surface area contributed by atoms with Crippen LogP contribution in [0, 0.1) is 0 Å². The molecule has 0 aliphatic heterocycles. The van der Waals surface area contributed by atoms with Crippen molar-refractivity contribution < 1.29 is 4.79 Å². The molecule has 0 saturated heterocycles. The Balaban J connectivity index is 1.80.